The van der Waals surface area contributed by atoms with Crippen LogP contribution >= 0.6 is 11.3 Å². The van der Waals surface area contributed by atoms with Crippen molar-refractivity contribution in [1.82, 2.24) is 4.98 Å². The van der Waals surface area contributed by atoms with Crippen molar-refractivity contribution in [2.24, 2.45) is 11.1 Å². The van der Waals surface area contributed by atoms with Gasteiger partial charge in [-0.05, 0) is 19.8 Å². The van der Waals surface area contributed by atoms with Gasteiger partial charge in [-0.15, -0.1) is 11.3 Å². The molecule has 1 aliphatic rings. The summed E-state index contributed by atoms with van der Waals surface area (Å²) >= 11 is 1.57. The van der Waals surface area contributed by atoms with Crippen molar-refractivity contribution in [3.8, 4) is 0 Å². The lowest BCUT2D eigenvalue weighted by atomic mass is 9.80. The normalized spacial score (nSPS) is 18.9. The van der Waals surface area contributed by atoms with Crippen molar-refractivity contribution in [1.29, 1.82) is 0 Å². The number of carbonyl (C=O) groups excluding carboxylic acids is 1. The summed E-state index contributed by atoms with van der Waals surface area (Å²) in [6.07, 6.45) is 4.68. The van der Waals surface area contributed by atoms with Gasteiger partial charge in [-0.2, -0.15) is 0 Å². The van der Waals surface area contributed by atoms with Crippen molar-refractivity contribution in [3.63, 3.8) is 0 Å². The number of ketones is 1. The zero-order valence-corrected chi connectivity index (χ0v) is 10.5. The molecule has 1 aromatic rings. The summed E-state index contributed by atoms with van der Waals surface area (Å²) < 4.78 is 0. The molecule has 1 aliphatic carbocycles. The Balaban J connectivity index is 2.07. The van der Waals surface area contributed by atoms with Gasteiger partial charge < -0.3 is 5.73 Å². The number of rotatable bonds is 4. The van der Waals surface area contributed by atoms with Crippen LogP contribution in [0.1, 0.15) is 36.4 Å². The predicted octanol–water partition coefficient (Wildman–Crippen LogP) is 2.08. The van der Waals surface area contributed by atoms with Crippen LogP contribution in [0.15, 0.2) is 5.38 Å². The van der Waals surface area contributed by atoms with Crippen molar-refractivity contribution in [2.75, 3.05) is 6.54 Å². The Hall–Kier alpha value is -0.740. The minimum atomic E-state index is -0.237. The molecule has 2 N–H and O–H groups in total. The summed E-state index contributed by atoms with van der Waals surface area (Å²) in [5.74, 6) is 0.293. The third-order valence-corrected chi connectivity index (χ3v) is 4.49. The summed E-state index contributed by atoms with van der Waals surface area (Å²) in [4.78, 5) is 16.6. The molecule has 0 bridgehead atoms. The molecule has 4 heteroatoms. The van der Waals surface area contributed by atoms with E-state index in [-0.39, 0.29) is 5.41 Å². The van der Waals surface area contributed by atoms with Gasteiger partial charge in [0.2, 0.25) is 0 Å². The van der Waals surface area contributed by atoms with Gasteiger partial charge in [-0.1, -0.05) is 12.8 Å². The van der Waals surface area contributed by atoms with Crippen LogP contribution in [0.4, 0.5) is 0 Å². The quantitative estimate of drug-likeness (QED) is 0.873. The largest absolute Gasteiger partial charge is 0.329 e. The highest BCUT2D eigenvalue weighted by molar-refractivity contribution is 7.09. The Kier molecular flexibility index (Phi) is 3.40. The number of hydrogen-bond donors (Lipinski definition) is 1. The molecule has 16 heavy (non-hydrogen) atoms. The summed E-state index contributed by atoms with van der Waals surface area (Å²) in [7, 11) is 0. The topological polar surface area (TPSA) is 56.0 Å². The van der Waals surface area contributed by atoms with Gasteiger partial charge in [-0.3, -0.25) is 4.79 Å². The molecule has 0 atom stereocenters. The van der Waals surface area contributed by atoms with Gasteiger partial charge in [-0.25, -0.2) is 4.98 Å². The Morgan fingerprint density at radius 2 is 2.25 bits per heavy atom. The SMILES string of the molecule is Cc1csc(CC(=O)C2(CN)CCCC2)n1. The molecule has 0 amide bonds. The molecule has 1 aromatic heterocycles. The first-order valence-corrected chi connectivity index (χ1v) is 6.69. The van der Waals surface area contributed by atoms with Crippen LogP contribution in [0.2, 0.25) is 0 Å². The van der Waals surface area contributed by atoms with E-state index in [4.69, 9.17) is 5.73 Å². The average Bonchev–Trinajstić information content (AvgIpc) is 2.88. The second-order valence-electron chi connectivity index (χ2n) is 4.67. The van der Waals surface area contributed by atoms with E-state index in [0.717, 1.165) is 36.4 Å². The average molecular weight is 238 g/mol. The van der Waals surface area contributed by atoms with E-state index in [1.807, 2.05) is 12.3 Å². The fourth-order valence-electron chi connectivity index (χ4n) is 2.46. The molecule has 3 nitrogen and oxygen atoms in total. The number of Topliss-reactive ketones (excluding diaryl/α,β-unsaturated/α-hetero) is 1. The first-order valence-electron chi connectivity index (χ1n) is 5.81. The zero-order valence-electron chi connectivity index (χ0n) is 9.66. The highest BCUT2D eigenvalue weighted by Gasteiger charge is 2.39. The number of hydrogen-bond acceptors (Lipinski definition) is 4. The number of thiazole rings is 1. The van der Waals surface area contributed by atoms with Crippen LogP contribution in [0.25, 0.3) is 0 Å². The van der Waals surface area contributed by atoms with Gasteiger partial charge in [0, 0.05) is 23.0 Å². The molecular formula is C12H18N2OS. The van der Waals surface area contributed by atoms with E-state index in [0.29, 0.717) is 18.7 Å². The standard InChI is InChI=1S/C12H18N2OS/c1-9-7-16-11(14-9)6-10(15)12(8-13)4-2-3-5-12/h7H,2-6,8,13H2,1H3. The smallest absolute Gasteiger partial charge is 0.147 e. The maximum Gasteiger partial charge on any atom is 0.147 e. The molecule has 1 heterocycles. The maximum absolute atomic E-state index is 12.3. The molecule has 0 radical (unpaired) electrons. The lowest BCUT2D eigenvalue weighted by Crippen LogP contribution is -2.37. The van der Waals surface area contributed by atoms with Gasteiger partial charge in [0.1, 0.15) is 10.8 Å². The van der Waals surface area contributed by atoms with Gasteiger partial charge in [0.15, 0.2) is 0 Å². The molecule has 0 aromatic carbocycles. The fourth-order valence-corrected chi connectivity index (χ4v) is 3.23. The van der Waals surface area contributed by atoms with E-state index in [1.54, 1.807) is 11.3 Å². The van der Waals surface area contributed by atoms with E-state index in [9.17, 15) is 4.79 Å². The first kappa shape index (κ1) is 11.7. The highest BCUT2D eigenvalue weighted by Crippen LogP contribution is 2.38. The van der Waals surface area contributed by atoms with Crippen LogP contribution in [0.3, 0.4) is 0 Å². The minimum absolute atomic E-state index is 0.237. The number of nitrogens with zero attached hydrogens (tertiary/aromatic N) is 1. The van der Waals surface area contributed by atoms with Crippen LogP contribution in [-0.2, 0) is 11.2 Å². The van der Waals surface area contributed by atoms with Crippen molar-refractivity contribution in [2.45, 2.75) is 39.0 Å². The number of aromatic nitrogens is 1. The van der Waals surface area contributed by atoms with Gasteiger partial charge >= 0.3 is 0 Å². The monoisotopic (exact) mass is 238 g/mol. The third-order valence-electron chi connectivity index (χ3n) is 3.52. The second-order valence-corrected chi connectivity index (χ2v) is 5.62. The Labute approximate surface area is 100 Å². The highest BCUT2D eigenvalue weighted by atomic mass is 32.1. The van der Waals surface area contributed by atoms with Crippen molar-refractivity contribution < 1.29 is 4.79 Å². The molecule has 88 valence electrons. The van der Waals surface area contributed by atoms with Gasteiger partial charge in [0.05, 0.1) is 6.42 Å². The lowest BCUT2D eigenvalue weighted by Gasteiger charge is -2.24. The summed E-state index contributed by atoms with van der Waals surface area (Å²) in [5, 5.41) is 2.93. The van der Waals surface area contributed by atoms with Crippen LogP contribution in [0, 0.1) is 12.3 Å². The van der Waals surface area contributed by atoms with Crippen LogP contribution in [0.5, 0.6) is 0 Å². The molecular weight excluding hydrogens is 220 g/mol. The van der Waals surface area contributed by atoms with E-state index in [2.05, 4.69) is 4.98 Å². The molecule has 1 fully saturated rings. The Bertz CT molecular complexity index is 380. The molecule has 0 unspecified atom stereocenters. The summed E-state index contributed by atoms with van der Waals surface area (Å²) in [5.41, 5.74) is 6.56. The fraction of sp³-hybridized carbons (Fsp3) is 0.667. The minimum Gasteiger partial charge on any atom is -0.329 e. The second kappa shape index (κ2) is 4.63. The third kappa shape index (κ3) is 2.18. The first-order chi connectivity index (χ1) is 7.66. The molecule has 0 spiro atoms. The Morgan fingerprint density at radius 3 is 2.75 bits per heavy atom. The van der Waals surface area contributed by atoms with Crippen molar-refractivity contribution >= 4 is 17.1 Å². The van der Waals surface area contributed by atoms with E-state index < -0.39 is 0 Å². The predicted molar refractivity (Wildman–Crippen MR) is 65.5 cm³/mol. The van der Waals surface area contributed by atoms with Crippen LogP contribution in [-0.4, -0.2) is 17.3 Å². The van der Waals surface area contributed by atoms with Crippen molar-refractivity contribution in [3.05, 3.63) is 16.1 Å². The number of aryl methyl sites for hydroxylation is 1. The molecule has 0 saturated heterocycles. The summed E-state index contributed by atoms with van der Waals surface area (Å²) in [6, 6.07) is 0. The van der Waals surface area contributed by atoms with E-state index in [1.165, 1.54) is 0 Å². The molecule has 0 aliphatic heterocycles. The molecule has 1 saturated carbocycles. The van der Waals surface area contributed by atoms with Crippen LogP contribution < -0.4 is 5.73 Å². The lowest BCUT2D eigenvalue weighted by molar-refractivity contribution is -0.127. The van der Waals surface area contributed by atoms with E-state index >= 15 is 0 Å². The zero-order chi connectivity index (χ0) is 11.6. The Morgan fingerprint density at radius 1 is 1.56 bits per heavy atom. The molecule has 2 rings (SSSR count). The number of carbonyl (C=O) groups is 1. The maximum atomic E-state index is 12.3. The number of nitrogens with two attached hydrogens (primary N) is 1. The van der Waals surface area contributed by atoms with Gasteiger partial charge in [0.25, 0.3) is 0 Å². The summed E-state index contributed by atoms with van der Waals surface area (Å²) in [6.45, 7) is 2.45.